The minimum absolute atomic E-state index is 0.408. The lowest BCUT2D eigenvalue weighted by Crippen LogP contribution is -2.21. The van der Waals surface area contributed by atoms with Gasteiger partial charge in [-0.25, -0.2) is 0 Å². The third-order valence-electron chi connectivity index (χ3n) is 3.79. The van der Waals surface area contributed by atoms with Crippen molar-refractivity contribution in [3.05, 3.63) is 57.0 Å². The summed E-state index contributed by atoms with van der Waals surface area (Å²) in [6.07, 6.45) is 0. The lowest BCUT2D eigenvalue weighted by atomic mass is 9.93. The second kappa shape index (κ2) is 8.32. The van der Waals surface area contributed by atoms with Crippen molar-refractivity contribution in [2.24, 2.45) is 0 Å². The van der Waals surface area contributed by atoms with E-state index in [1.807, 2.05) is 18.2 Å². The molecule has 2 rings (SSSR count). The van der Waals surface area contributed by atoms with Crippen molar-refractivity contribution in [2.45, 2.75) is 39.5 Å². The van der Waals surface area contributed by atoms with Gasteiger partial charge in [0.25, 0.3) is 0 Å². The normalized spacial score (nSPS) is 11.0. The highest BCUT2D eigenvalue weighted by Gasteiger charge is 2.15. The molecule has 5 heteroatoms. The summed E-state index contributed by atoms with van der Waals surface area (Å²) in [6.45, 7) is 8.75. The summed E-state index contributed by atoms with van der Waals surface area (Å²) in [4.78, 5) is 0. The molecule has 2 aromatic carbocycles. The van der Waals surface area contributed by atoms with E-state index in [1.54, 1.807) is 0 Å². The molecule has 0 aliphatic rings. The van der Waals surface area contributed by atoms with Crippen molar-refractivity contribution in [3.8, 4) is 0 Å². The van der Waals surface area contributed by atoms with E-state index in [0.29, 0.717) is 22.0 Å². The van der Waals surface area contributed by atoms with E-state index in [2.05, 4.69) is 72.5 Å². The summed E-state index contributed by atoms with van der Waals surface area (Å²) in [5.41, 5.74) is 4.39. The number of halogens is 2. The van der Waals surface area contributed by atoms with Gasteiger partial charge < -0.3 is 10.6 Å². The molecule has 0 bridgehead atoms. The Morgan fingerprint density at radius 3 is 2.08 bits per heavy atom. The predicted octanol–water partition coefficient (Wildman–Crippen LogP) is 7.16. The molecule has 24 heavy (non-hydrogen) atoms. The number of hydrogen-bond donors (Lipinski definition) is 2. The zero-order valence-corrected chi connectivity index (χ0v) is 17.4. The van der Waals surface area contributed by atoms with Crippen LogP contribution in [0.4, 0.5) is 11.4 Å². The largest absolute Gasteiger partial charge is 0.332 e. The third kappa shape index (κ3) is 4.71. The molecule has 128 valence electrons. The van der Waals surface area contributed by atoms with Crippen molar-refractivity contribution < 1.29 is 0 Å². The first-order chi connectivity index (χ1) is 11.3. The topological polar surface area (TPSA) is 24.1 Å². The summed E-state index contributed by atoms with van der Waals surface area (Å²) >= 11 is 15.2. The van der Waals surface area contributed by atoms with Gasteiger partial charge in [0.2, 0.25) is 0 Å². The van der Waals surface area contributed by atoms with Crippen LogP contribution in [0.5, 0.6) is 0 Å². The number of thiocarbonyl (C=S) groups is 1. The Hall–Kier alpha value is -1.10. The van der Waals surface area contributed by atoms with Gasteiger partial charge in [-0.3, -0.25) is 0 Å². The molecule has 0 fully saturated rings. The Labute approximate surface area is 163 Å². The van der Waals surface area contributed by atoms with Crippen molar-refractivity contribution in [1.29, 1.82) is 0 Å². The summed E-state index contributed by atoms with van der Waals surface area (Å²) in [7, 11) is 0. The van der Waals surface area contributed by atoms with E-state index in [-0.39, 0.29) is 0 Å². The van der Waals surface area contributed by atoms with Crippen LogP contribution in [-0.4, -0.2) is 5.11 Å². The van der Waals surface area contributed by atoms with Gasteiger partial charge in [-0.15, -0.1) is 0 Å². The first kappa shape index (κ1) is 19.2. The maximum absolute atomic E-state index is 6.26. The van der Waals surface area contributed by atoms with E-state index >= 15 is 0 Å². The zero-order valence-electron chi connectivity index (χ0n) is 14.3. The van der Waals surface area contributed by atoms with Gasteiger partial charge in [-0.2, -0.15) is 0 Å². The fourth-order valence-electron chi connectivity index (χ4n) is 2.55. The van der Waals surface area contributed by atoms with Crippen LogP contribution in [0.15, 0.2) is 40.9 Å². The molecule has 0 atom stereocenters. The second-order valence-electron chi connectivity index (χ2n) is 6.32. The van der Waals surface area contributed by atoms with E-state index in [9.17, 15) is 0 Å². The van der Waals surface area contributed by atoms with Gasteiger partial charge in [0.1, 0.15) is 0 Å². The molecule has 2 aromatic rings. The molecule has 0 aliphatic carbocycles. The van der Waals surface area contributed by atoms with Crippen molar-refractivity contribution in [1.82, 2.24) is 0 Å². The van der Waals surface area contributed by atoms with Gasteiger partial charge in [0, 0.05) is 10.2 Å². The lowest BCUT2D eigenvalue weighted by molar-refractivity contribution is 0.839. The zero-order chi connectivity index (χ0) is 17.9. The smallest absolute Gasteiger partial charge is 0.175 e. The van der Waals surface area contributed by atoms with Crippen LogP contribution < -0.4 is 10.6 Å². The average molecular weight is 426 g/mol. The fourth-order valence-corrected chi connectivity index (χ4v) is 3.49. The molecule has 2 nitrogen and oxygen atoms in total. The van der Waals surface area contributed by atoms with Gasteiger partial charge >= 0.3 is 0 Å². The molecule has 0 saturated carbocycles. The number of para-hydroxylation sites is 1. The summed E-state index contributed by atoms with van der Waals surface area (Å²) < 4.78 is 0.934. The van der Waals surface area contributed by atoms with Crippen LogP contribution in [0, 0.1) is 0 Å². The Bertz CT molecular complexity index is 718. The standard InChI is InChI=1S/C19H22BrClN2S/c1-11(2)14-6-5-7-15(12(3)4)18(14)23-19(24)22-17-9-8-13(20)10-16(17)21/h5-12H,1-4H3,(H2,22,23,24). The van der Waals surface area contributed by atoms with E-state index in [0.717, 1.165) is 15.8 Å². The van der Waals surface area contributed by atoms with Gasteiger partial charge in [0.05, 0.1) is 10.7 Å². The Kier molecular flexibility index (Phi) is 6.67. The Morgan fingerprint density at radius 1 is 1.00 bits per heavy atom. The monoisotopic (exact) mass is 424 g/mol. The molecule has 0 aliphatic heterocycles. The van der Waals surface area contributed by atoms with Crippen LogP contribution in [0.25, 0.3) is 0 Å². The molecular formula is C19H22BrClN2S. The van der Waals surface area contributed by atoms with Crippen LogP contribution >= 0.6 is 39.7 Å². The van der Waals surface area contributed by atoms with Crippen molar-refractivity contribution in [3.63, 3.8) is 0 Å². The number of anilines is 2. The number of rotatable bonds is 4. The highest BCUT2D eigenvalue weighted by molar-refractivity contribution is 9.10. The maximum Gasteiger partial charge on any atom is 0.175 e. The first-order valence-electron chi connectivity index (χ1n) is 7.95. The van der Waals surface area contributed by atoms with Gasteiger partial charge in [-0.1, -0.05) is 73.4 Å². The molecule has 0 amide bonds. The van der Waals surface area contributed by atoms with Gasteiger partial charge in [0.15, 0.2) is 5.11 Å². The predicted molar refractivity (Wildman–Crippen MR) is 114 cm³/mol. The van der Waals surface area contributed by atoms with E-state index in [4.69, 9.17) is 23.8 Å². The summed E-state index contributed by atoms with van der Waals surface area (Å²) in [6, 6.07) is 12.1. The number of benzene rings is 2. The van der Waals surface area contributed by atoms with Gasteiger partial charge in [-0.05, 0) is 53.4 Å². The van der Waals surface area contributed by atoms with Crippen LogP contribution in [-0.2, 0) is 0 Å². The van der Waals surface area contributed by atoms with E-state index in [1.165, 1.54) is 11.1 Å². The maximum atomic E-state index is 6.26. The van der Waals surface area contributed by atoms with Crippen LogP contribution in [0.1, 0.15) is 50.7 Å². The molecule has 0 aromatic heterocycles. The molecule has 2 N–H and O–H groups in total. The highest BCUT2D eigenvalue weighted by Crippen LogP contribution is 2.33. The molecule has 0 spiro atoms. The minimum atomic E-state index is 0.408. The number of hydrogen-bond acceptors (Lipinski definition) is 1. The molecule has 0 unspecified atom stereocenters. The summed E-state index contributed by atoms with van der Waals surface area (Å²) in [5.74, 6) is 0.815. The molecular weight excluding hydrogens is 404 g/mol. The highest BCUT2D eigenvalue weighted by atomic mass is 79.9. The Balaban J connectivity index is 2.28. The molecule has 0 saturated heterocycles. The fraction of sp³-hybridized carbons (Fsp3) is 0.316. The van der Waals surface area contributed by atoms with Crippen molar-refractivity contribution in [2.75, 3.05) is 10.6 Å². The Morgan fingerprint density at radius 2 is 1.58 bits per heavy atom. The molecule has 0 heterocycles. The third-order valence-corrected chi connectivity index (χ3v) is 4.80. The average Bonchev–Trinajstić information content (AvgIpc) is 2.49. The van der Waals surface area contributed by atoms with E-state index < -0.39 is 0 Å². The first-order valence-corrected chi connectivity index (χ1v) is 9.53. The lowest BCUT2D eigenvalue weighted by Gasteiger charge is -2.21. The van der Waals surface area contributed by atoms with Crippen molar-refractivity contribution >= 4 is 56.2 Å². The van der Waals surface area contributed by atoms with Crippen LogP contribution in [0.2, 0.25) is 5.02 Å². The SMILES string of the molecule is CC(C)c1cccc(C(C)C)c1NC(=S)Nc1ccc(Br)cc1Cl. The minimum Gasteiger partial charge on any atom is -0.332 e. The summed E-state index contributed by atoms with van der Waals surface area (Å²) in [5, 5.41) is 7.72. The number of nitrogens with one attached hydrogen (secondary N) is 2. The van der Waals surface area contributed by atoms with Crippen LogP contribution in [0.3, 0.4) is 0 Å². The quantitative estimate of drug-likeness (QED) is 0.508. The molecule has 0 radical (unpaired) electrons. The second-order valence-corrected chi connectivity index (χ2v) is 8.06.